The summed E-state index contributed by atoms with van der Waals surface area (Å²) in [6.07, 6.45) is 1.48. The van der Waals surface area contributed by atoms with Crippen LogP contribution in [0.5, 0.6) is 5.75 Å². The molecule has 1 aliphatic rings. The summed E-state index contributed by atoms with van der Waals surface area (Å²) < 4.78 is 0. The van der Waals surface area contributed by atoms with E-state index in [0.717, 1.165) is 24.1 Å². The minimum Gasteiger partial charge on any atom is -0.507 e. The molecule has 3 rings (SSSR count). The number of hydrogen-bond acceptors (Lipinski definition) is 6. The van der Waals surface area contributed by atoms with Crippen LogP contribution < -0.4 is 4.90 Å². The smallest absolute Gasteiger partial charge is 0.257 e. The van der Waals surface area contributed by atoms with Gasteiger partial charge in [-0.3, -0.25) is 4.79 Å². The highest BCUT2D eigenvalue weighted by Crippen LogP contribution is 2.25. The van der Waals surface area contributed by atoms with Gasteiger partial charge in [0.1, 0.15) is 17.4 Å². The molecule has 140 valence electrons. The van der Waals surface area contributed by atoms with E-state index in [2.05, 4.69) is 16.3 Å². The van der Waals surface area contributed by atoms with E-state index >= 15 is 0 Å². The zero-order chi connectivity index (χ0) is 19.4. The maximum Gasteiger partial charge on any atom is 0.257 e. The lowest BCUT2D eigenvalue weighted by Gasteiger charge is -2.35. The van der Waals surface area contributed by atoms with Crippen molar-refractivity contribution in [1.29, 1.82) is 5.26 Å². The number of aromatic hydroxyl groups is 1. The summed E-state index contributed by atoms with van der Waals surface area (Å²) in [4.78, 5) is 16.4. The molecule has 0 saturated carbocycles. The number of benzene rings is 1. The predicted molar refractivity (Wildman–Crippen MR) is 102 cm³/mol. The van der Waals surface area contributed by atoms with Gasteiger partial charge in [-0.05, 0) is 30.5 Å². The van der Waals surface area contributed by atoms with Crippen molar-refractivity contribution >= 4 is 11.7 Å². The van der Waals surface area contributed by atoms with Crippen molar-refractivity contribution in [2.75, 3.05) is 31.1 Å². The van der Waals surface area contributed by atoms with Gasteiger partial charge in [0.2, 0.25) is 0 Å². The molecule has 7 heteroatoms. The molecular formula is C20H23N5O2. The van der Waals surface area contributed by atoms with Crippen LogP contribution in [0.3, 0.4) is 0 Å². The maximum absolute atomic E-state index is 12.6. The van der Waals surface area contributed by atoms with Crippen LogP contribution in [-0.2, 0) is 12.8 Å². The van der Waals surface area contributed by atoms with Gasteiger partial charge < -0.3 is 14.9 Å². The highest BCUT2D eigenvalue weighted by atomic mass is 16.3. The molecule has 2 aromatic rings. The van der Waals surface area contributed by atoms with Crippen LogP contribution in [0.4, 0.5) is 5.82 Å². The van der Waals surface area contributed by atoms with Gasteiger partial charge >= 0.3 is 0 Å². The van der Waals surface area contributed by atoms with E-state index in [9.17, 15) is 15.2 Å². The second-order valence-electron chi connectivity index (χ2n) is 6.44. The van der Waals surface area contributed by atoms with E-state index in [0.29, 0.717) is 43.1 Å². The molecule has 1 N–H and O–H groups in total. The summed E-state index contributed by atoms with van der Waals surface area (Å²) in [5.41, 5.74) is 2.72. The summed E-state index contributed by atoms with van der Waals surface area (Å²) in [6, 6.07) is 8.86. The third-order valence-corrected chi connectivity index (χ3v) is 4.94. The second kappa shape index (κ2) is 8.04. The molecule has 1 aromatic carbocycles. The standard InChI is InChI=1S/C20H23N5O2/c1-3-14-16(13-21)19(23-22-17(14)4-2)24-9-11-25(12-10-24)20(27)15-7-5-6-8-18(15)26/h5-8,26H,3-4,9-12H2,1-2H3. The summed E-state index contributed by atoms with van der Waals surface area (Å²) in [5.74, 6) is 0.404. The van der Waals surface area contributed by atoms with Gasteiger partial charge in [-0.1, -0.05) is 26.0 Å². The Labute approximate surface area is 158 Å². The van der Waals surface area contributed by atoms with Gasteiger partial charge in [-0.15, -0.1) is 5.10 Å². The number of aryl methyl sites for hydroxylation is 1. The summed E-state index contributed by atoms with van der Waals surface area (Å²) >= 11 is 0. The average Bonchev–Trinajstić information content (AvgIpc) is 2.72. The van der Waals surface area contributed by atoms with Gasteiger partial charge in [0, 0.05) is 26.2 Å². The number of phenols is 1. The molecule has 0 unspecified atom stereocenters. The van der Waals surface area contributed by atoms with Gasteiger partial charge in [0.15, 0.2) is 5.82 Å². The number of carbonyl (C=O) groups excluding carboxylic acids is 1. The lowest BCUT2D eigenvalue weighted by Crippen LogP contribution is -2.49. The summed E-state index contributed by atoms with van der Waals surface area (Å²) in [7, 11) is 0. The molecule has 27 heavy (non-hydrogen) atoms. The fraction of sp³-hybridized carbons (Fsp3) is 0.400. The zero-order valence-electron chi connectivity index (χ0n) is 15.6. The molecule has 0 radical (unpaired) electrons. The minimum atomic E-state index is -0.185. The van der Waals surface area contributed by atoms with Crippen LogP contribution in [0.1, 0.15) is 41.0 Å². The first-order valence-corrected chi connectivity index (χ1v) is 9.21. The number of carbonyl (C=O) groups is 1. The number of anilines is 1. The fourth-order valence-electron chi connectivity index (χ4n) is 3.45. The minimum absolute atomic E-state index is 0.00898. The van der Waals surface area contributed by atoms with Crippen LogP contribution >= 0.6 is 0 Å². The molecular weight excluding hydrogens is 342 g/mol. The SMILES string of the molecule is CCc1nnc(N2CCN(C(=O)c3ccccc3O)CC2)c(C#N)c1CC. The zero-order valence-corrected chi connectivity index (χ0v) is 15.6. The van der Waals surface area contributed by atoms with Crippen molar-refractivity contribution in [1.82, 2.24) is 15.1 Å². The lowest BCUT2D eigenvalue weighted by atomic mass is 10.0. The molecule has 1 fully saturated rings. The van der Waals surface area contributed by atoms with E-state index in [-0.39, 0.29) is 11.7 Å². The van der Waals surface area contributed by atoms with Crippen LogP contribution in [0.2, 0.25) is 0 Å². The van der Waals surface area contributed by atoms with Gasteiger partial charge in [0.25, 0.3) is 5.91 Å². The van der Waals surface area contributed by atoms with Crippen molar-refractivity contribution in [3.8, 4) is 11.8 Å². The molecule has 1 aromatic heterocycles. The highest BCUT2D eigenvalue weighted by molar-refractivity contribution is 5.96. The summed E-state index contributed by atoms with van der Waals surface area (Å²) in [6.45, 7) is 6.15. The molecule has 0 bridgehead atoms. The molecule has 1 saturated heterocycles. The number of phenolic OH excluding ortho intramolecular Hbond substituents is 1. The normalized spacial score (nSPS) is 14.1. The molecule has 0 aliphatic carbocycles. The number of aromatic nitrogens is 2. The predicted octanol–water partition coefficient (Wildman–Crippen LogP) is 2.14. The number of piperazine rings is 1. The molecule has 7 nitrogen and oxygen atoms in total. The van der Waals surface area contributed by atoms with Crippen molar-refractivity contribution in [2.45, 2.75) is 26.7 Å². The first kappa shape index (κ1) is 18.6. The van der Waals surface area contributed by atoms with Gasteiger partial charge in [-0.25, -0.2) is 0 Å². The Hall–Kier alpha value is -3.14. The van der Waals surface area contributed by atoms with Crippen molar-refractivity contribution in [2.24, 2.45) is 0 Å². The van der Waals surface area contributed by atoms with Gasteiger partial charge in [-0.2, -0.15) is 10.4 Å². The first-order valence-electron chi connectivity index (χ1n) is 9.21. The fourth-order valence-corrected chi connectivity index (χ4v) is 3.45. The highest BCUT2D eigenvalue weighted by Gasteiger charge is 2.27. The van der Waals surface area contributed by atoms with Crippen molar-refractivity contribution in [3.05, 3.63) is 46.6 Å². The summed E-state index contributed by atoms with van der Waals surface area (Å²) in [5, 5.41) is 28.2. The van der Waals surface area contributed by atoms with E-state index < -0.39 is 0 Å². The number of rotatable bonds is 4. The molecule has 0 spiro atoms. The third kappa shape index (κ3) is 3.56. The van der Waals surface area contributed by atoms with Crippen LogP contribution in [0.15, 0.2) is 24.3 Å². The molecule has 2 heterocycles. The number of para-hydroxylation sites is 1. The molecule has 0 atom stereocenters. The monoisotopic (exact) mass is 365 g/mol. The number of nitriles is 1. The van der Waals surface area contributed by atoms with E-state index in [1.165, 1.54) is 6.07 Å². The quantitative estimate of drug-likeness (QED) is 0.892. The largest absolute Gasteiger partial charge is 0.507 e. The average molecular weight is 365 g/mol. The maximum atomic E-state index is 12.6. The van der Waals surface area contributed by atoms with Crippen LogP contribution in [0, 0.1) is 11.3 Å². The first-order chi connectivity index (χ1) is 13.1. The third-order valence-electron chi connectivity index (χ3n) is 4.94. The molecule has 1 aliphatic heterocycles. The van der Waals surface area contributed by atoms with Crippen LogP contribution in [0.25, 0.3) is 0 Å². The Morgan fingerprint density at radius 2 is 1.85 bits per heavy atom. The van der Waals surface area contributed by atoms with Crippen LogP contribution in [-0.4, -0.2) is 52.3 Å². The van der Waals surface area contributed by atoms with E-state index in [1.54, 1.807) is 23.1 Å². The Balaban J connectivity index is 1.78. The van der Waals surface area contributed by atoms with E-state index in [1.807, 2.05) is 18.7 Å². The Bertz CT molecular complexity index is 882. The molecule has 1 amide bonds. The number of amides is 1. The number of nitrogens with zero attached hydrogens (tertiary/aromatic N) is 5. The second-order valence-corrected chi connectivity index (χ2v) is 6.44. The van der Waals surface area contributed by atoms with Crippen molar-refractivity contribution < 1.29 is 9.90 Å². The Morgan fingerprint density at radius 3 is 2.44 bits per heavy atom. The Kier molecular flexibility index (Phi) is 5.55. The van der Waals surface area contributed by atoms with Gasteiger partial charge in [0.05, 0.1) is 11.3 Å². The topological polar surface area (TPSA) is 93.3 Å². The number of hydrogen-bond donors (Lipinski definition) is 1. The lowest BCUT2D eigenvalue weighted by molar-refractivity contribution is 0.0743. The Morgan fingerprint density at radius 1 is 1.15 bits per heavy atom. The van der Waals surface area contributed by atoms with Crippen molar-refractivity contribution in [3.63, 3.8) is 0 Å². The van der Waals surface area contributed by atoms with E-state index in [4.69, 9.17) is 0 Å².